The smallest absolute Gasteiger partial charge is 0.248 e. The molecule has 40 heavy (non-hydrogen) atoms. The number of thioether (sulfide) groups is 1. The van der Waals surface area contributed by atoms with Crippen LogP contribution in [-0.4, -0.2) is 38.4 Å². The second kappa shape index (κ2) is 13.2. The summed E-state index contributed by atoms with van der Waals surface area (Å²) in [5, 5.41) is 12.9. The fourth-order valence-corrected chi connectivity index (χ4v) is 5.99. The minimum atomic E-state index is -0.864. The molecule has 2 aromatic heterocycles. The van der Waals surface area contributed by atoms with Gasteiger partial charge in [0, 0.05) is 16.8 Å². The van der Waals surface area contributed by atoms with Crippen molar-refractivity contribution in [2.75, 3.05) is 10.7 Å². The molecule has 2 amide bonds. The number of aromatic nitrogens is 3. The molecule has 1 fully saturated rings. The van der Waals surface area contributed by atoms with Gasteiger partial charge in [-0.3, -0.25) is 19.1 Å². The molecule has 0 spiro atoms. The zero-order chi connectivity index (χ0) is 27.9. The SMILES string of the molecule is Cc1nnc(SCC(=O)N(c2ccccc2)[C@H](C(=O)NC2CCCCC2)c2ccc(Cl)cc2)n1Cc1ccco1. The fraction of sp³-hybridized carbons (Fsp3) is 0.333. The van der Waals surface area contributed by atoms with Crippen LogP contribution in [0.4, 0.5) is 5.69 Å². The number of anilines is 1. The normalized spacial score (nSPS) is 14.6. The summed E-state index contributed by atoms with van der Waals surface area (Å²) in [6.07, 6.45) is 6.87. The minimum Gasteiger partial charge on any atom is -0.467 e. The third-order valence-corrected chi connectivity index (χ3v) is 8.27. The van der Waals surface area contributed by atoms with Gasteiger partial charge in [-0.1, -0.05) is 73.0 Å². The van der Waals surface area contributed by atoms with E-state index in [9.17, 15) is 9.59 Å². The quantitative estimate of drug-likeness (QED) is 0.226. The van der Waals surface area contributed by atoms with Crippen LogP contribution in [-0.2, 0) is 16.1 Å². The third kappa shape index (κ3) is 6.77. The number of benzene rings is 2. The third-order valence-electron chi connectivity index (χ3n) is 7.07. The van der Waals surface area contributed by atoms with E-state index in [0.717, 1.165) is 37.3 Å². The lowest BCUT2D eigenvalue weighted by Crippen LogP contribution is -2.47. The van der Waals surface area contributed by atoms with Gasteiger partial charge in [-0.25, -0.2) is 0 Å². The number of carbonyl (C=O) groups excluding carboxylic acids is 2. The average molecular weight is 578 g/mol. The average Bonchev–Trinajstić information content (AvgIpc) is 3.62. The maximum atomic E-state index is 14.1. The Balaban J connectivity index is 1.44. The first kappa shape index (κ1) is 28.0. The van der Waals surface area contributed by atoms with Gasteiger partial charge in [0.1, 0.15) is 17.6 Å². The van der Waals surface area contributed by atoms with Crippen LogP contribution in [0.5, 0.6) is 0 Å². The highest BCUT2D eigenvalue weighted by molar-refractivity contribution is 7.99. The van der Waals surface area contributed by atoms with Crippen molar-refractivity contribution in [3.8, 4) is 0 Å². The molecule has 1 aliphatic carbocycles. The first-order valence-corrected chi connectivity index (χ1v) is 14.8. The largest absolute Gasteiger partial charge is 0.467 e. The molecule has 2 heterocycles. The van der Waals surface area contributed by atoms with Crippen molar-refractivity contribution in [1.82, 2.24) is 20.1 Å². The zero-order valence-corrected chi connectivity index (χ0v) is 23.9. The molecule has 0 unspecified atom stereocenters. The Morgan fingerprint density at radius 2 is 1.80 bits per heavy atom. The van der Waals surface area contributed by atoms with Gasteiger partial charge < -0.3 is 9.73 Å². The van der Waals surface area contributed by atoms with E-state index in [-0.39, 0.29) is 23.6 Å². The molecule has 0 bridgehead atoms. The summed E-state index contributed by atoms with van der Waals surface area (Å²) in [6, 6.07) is 19.4. The summed E-state index contributed by atoms with van der Waals surface area (Å²) < 4.78 is 7.41. The van der Waals surface area contributed by atoms with E-state index in [2.05, 4.69) is 15.5 Å². The van der Waals surface area contributed by atoms with Crippen LogP contribution in [0.25, 0.3) is 0 Å². The van der Waals surface area contributed by atoms with Crippen LogP contribution in [0, 0.1) is 6.92 Å². The number of hydrogen-bond donors (Lipinski definition) is 1. The topological polar surface area (TPSA) is 93.3 Å². The lowest BCUT2D eigenvalue weighted by atomic mass is 9.94. The van der Waals surface area contributed by atoms with Crippen LogP contribution in [0.2, 0.25) is 5.02 Å². The zero-order valence-electron chi connectivity index (χ0n) is 22.3. The molecule has 8 nitrogen and oxygen atoms in total. The van der Waals surface area contributed by atoms with Crippen molar-refractivity contribution < 1.29 is 14.0 Å². The highest BCUT2D eigenvalue weighted by atomic mass is 35.5. The van der Waals surface area contributed by atoms with E-state index in [1.807, 2.05) is 66.1 Å². The molecule has 1 aliphatic rings. The first-order valence-electron chi connectivity index (χ1n) is 13.5. The van der Waals surface area contributed by atoms with Crippen molar-refractivity contribution in [2.45, 2.75) is 62.8 Å². The van der Waals surface area contributed by atoms with Crippen LogP contribution in [0.1, 0.15) is 55.3 Å². The van der Waals surface area contributed by atoms with E-state index in [4.69, 9.17) is 16.0 Å². The van der Waals surface area contributed by atoms with Crippen molar-refractivity contribution in [1.29, 1.82) is 0 Å². The standard InChI is InChI=1S/C30H32ClN5O3S/c1-21-33-34-30(35(21)19-26-13-8-18-39-26)40-20-27(37)36(25-11-6-3-7-12-25)28(22-14-16-23(31)17-15-22)29(38)32-24-9-4-2-5-10-24/h3,6-8,11-18,24,28H,2,4-5,9-10,19-20H2,1H3,(H,32,38)/t28-/m0/s1. The van der Waals surface area contributed by atoms with Crippen LogP contribution < -0.4 is 10.2 Å². The summed E-state index contributed by atoms with van der Waals surface area (Å²) >= 11 is 7.48. The summed E-state index contributed by atoms with van der Waals surface area (Å²) in [7, 11) is 0. The van der Waals surface area contributed by atoms with E-state index in [0.29, 0.717) is 28.0 Å². The number of aryl methyl sites for hydroxylation is 1. The molecule has 1 atom stereocenters. The molecule has 1 saturated carbocycles. The number of nitrogens with one attached hydrogen (secondary N) is 1. The number of carbonyl (C=O) groups is 2. The molecule has 5 rings (SSSR count). The molecule has 10 heteroatoms. The Kier molecular flexibility index (Phi) is 9.23. The molecular formula is C30H32ClN5O3S. The van der Waals surface area contributed by atoms with Gasteiger partial charge in [-0.15, -0.1) is 10.2 Å². The van der Waals surface area contributed by atoms with Gasteiger partial charge in [0.25, 0.3) is 0 Å². The van der Waals surface area contributed by atoms with Crippen molar-refractivity contribution in [2.24, 2.45) is 0 Å². The number of hydrogen-bond acceptors (Lipinski definition) is 6. The maximum Gasteiger partial charge on any atom is 0.248 e. The Bertz CT molecular complexity index is 1400. The van der Waals surface area contributed by atoms with Gasteiger partial charge in [-0.2, -0.15) is 0 Å². The first-order chi connectivity index (χ1) is 19.5. The van der Waals surface area contributed by atoms with Crippen molar-refractivity contribution in [3.05, 3.63) is 95.2 Å². The Morgan fingerprint density at radius 3 is 2.50 bits per heavy atom. The molecule has 0 saturated heterocycles. The number of para-hydroxylation sites is 1. The molecule has 2 aromatic carbocycles. The molecule has 1 N–H and O–H groups in total. The lowest BCUT2D eigenvalue weighted by Gasteiger charge is -2.33. The summed E-state index contributed by atoms with van der Waals surface area (Å²) in [4.78, 5) is 29.6. The van der Waals surface area contributed by atoms with Crippen molar-refractivity contribution in [3.63, 3.8) is 0 Å². The summed E-state index contributed by atoms with van der Waals surface area (Å²) in [5.41, 5.74) is 1.33. The molecule has 208 valence electrons. The number of amides is 2. The summed E-state index contributed by atoms with van der Waals surface area (Å²) in [6.45, 7) is 2.33. The Hall–Kier alpha value is -3.56. The number of rotatable bonds is 10. The van der Waals surface area contributed by atoms with Crippen LogP contribution in [0.15, 0.2) is 82.6 Å². The Morgan fingerprint density at radius 1 is 1.05 bits per heavy atom. The van der Waals surface area contributed by atoms with Gasteiger partial charge in [0.15, 0.2) is 5.16 Å². The predicted octanol–water partition coefficient (Wildman–Crippen LogP) is 6.20. The van der Waals surface area contributed by atoms with E-state index >= 15 is 0 Å². The monoisotopic (exact) mass is 577 g/mol. The Labute approximate surface area is 243 Å². The maximum absolute atomic E-state index is 14.1. The van der Waals surface area contributed by atoms with Gasteiger partial charge >= 0.3 is 0 Å². The van der Waals surface area contributed by atoms with Crippen molar-refractivity contribution >= 4 is 40.9 Å². The molecule has 0 radical (unpaired) electrons. The summed E-state index contributed by atoms with van der Waals surface area (Å²) in [5.74, 6) is 1.13. The lowest BCUT2D eigenvalue weighted by molar-refractivity contribution is -0.126. The highest BCUT2D eigenvalue weighted by Gasteiger charge is 2.34. The van der Waals surface area contributed by atoms with Gasteiger partial charge in [0.2, 0.25) is 11.8 Å². The minimum absolute atomic E-state index is 0.0615. The van der Waals surface area contributed by atoms with Crippen LogP contribution >= 0.6 is 23.4 Å². The van der Waals surface area contributed by atoms with Gasteiger partial charge in [-0.05, 0) is 61.7 Å². The van der Waals surface area contributed by atoms with E-state index < -0.39 is 6.04 Å². The van der Waals surface area contributed by atoms with E-state index in [1.54, 1.807) is 23.3 Å². The van der Waals surface area contributed by atoms with E-state index in [1.165, 1.54) is 18.2 Å². The fourth-order valence-electron chi connectivity index (χ4n) is 5.02. The number of furan rings is 1. The van der Waals surface area contributed by atoms with Gasteiger partial charge in [0.05, 0.1) is 18.6 Å². The number of nitrogens with zero attached hydrogens (tertiary/aromatic N) is 4. The second-order valence-electron chi connectivity index (χ2n) is 9.88. The molecule has 0 aliphatic heterocycles. The predicted molar refractivity (Wildman–Crippen MR) is 156 cm³/mol. The molecule has 4 aromatic rings. The second-order valence-corrected chi connectivity index (χ2v) is 11.3. The van der Waals surface area contributed by atoms with Crippen LogP contribution in [0.3, 0.4) is 0 Å². The molecular weight excluding hydrogens is 546 g/mol. The highest BCUT2D eigenvalue weighted by Crippen LogP contribution is 2.31. The number of halogens is 1.